The van der Waals surface area contributed by atoms with Crippen molar-refractivity contribution in [2.75, 3.05) is 13.7 Å². The van der Waals surface area contributed by atoms with Crippen LogP contribution in [0.5, 0.6) is 0 Å². The Kier molecular flexibility index (Phi) is 5.93. The first-order valence-corrected chi connectivity index (χ1v) is 9.54. The second-order valence-corrected chi connectivity index (χ2v) is 7.85. The summed E-state index contributed by atoms with van der Waals surface area (Å²) in [5.74, 6) is 1.69. The highest BCUT2D eigenvalue weighted by Gasteiger charge is 2.27. The Morgan fingerprint density at radius 2 is 2.08 bits per heavy atom. The minimum absolute atomic E-state index is 0.0591. The van der Waals surface area contributed by atoms with E-state index in [-0.39, 0.29) is 17.5 Å². The lowest BCUT2D eigenvalue weighted by atomic mass is 9.82. The molecule has 25 heavy (non-hydrogen) atoms. The molecule has 0 spiro atoms. The number of aromatic nitrogens is 3. The summed E-state index contributed by atoms with van der Waals surface area (Å²) in [6.07, 6.45) is 9.37. The highest BCUT2D eigenvalue weighted by atomic mass is 16.5. The normalized spacial score (nSPS) is 22.7. The Labute approximate surface area is 149 Å². The summed E-state index contributed by atoms with van der Waals surface area (Å²) in [4.78, 5) is 16.8. The third kappa shape index (κ3) is 4.93. The molecule has 1 atom stereocenters. The number of aryl methyl sites for hydroxylation is 1. The zero-order valence-electron chi connectivity index (χ0n) is 15.5. The van der Waals surface area contributed by atoms with Gasteiger partial charge < -0.3 is 15.4 Å². The van der Waals surface area contributed by atoms with Crippen molar-refractivity contribution in [3.8, 4) is 0 Å². The van der Waals surface area contributed by atoms with Crippen LogP contribution in [0.25, 0.3) is 0 Å². The van der Waals surface area contributed by atoms with Gasteiger partial charge in [-0.25, -0.2) is 14.5 Å². The number of methoxy groups -OCH3 is 1. The molecule has 1 fully saturated rings. The number of nitrogens with one attached hydrogen (secondary N) is 2. The van der Waals surface area contributed by atoms with E-state index < -0.39 is 0 Å². The fourth-order valence-corrected chi connectivity index (χ4v) is 3.96. The van der Waals surface area contributed by atoms with E-state index in [1.54, 1.807) is 7.11 Å². The molecule has 140 valence electrons. The van der Waals surface area contributed by atoms with Crippen LogP contribution in [-0.2, 0) is 24.3 Å². The zero-order valence-corrected chi connectivity index (χ0v) is 15.5. The van der Waals surface area contributed by atoms with E-state index in [1.165, 1.54) is 38.5 Å². The molecule has 0 radical (unpaired) electrons. The summed E-state index contributed by atoms with van der Waals surface area (Å²) in [5, 5.41) is 10.7. The maximum atomic E-state index is 12.3. The number of fused-ring (bicyclic) bond motifs is 1. The van der Waals surface area contributed by atoms with Crippen molar-refractivity contribution < 1.29 is 9.53 Å². The summed E-state index contributed by atoms with van der Waals surface area (Å²) in [7, 11) is 1.64. The van der Waals surface area contributed by atoms with E-state index in [0.29, 0.717) is 19.0 Å². The topological polar surface area (TPSA) is 81.1 Å². The summed E-state index contributed by atoms with van der Waals surface area (Å²) in [6.45, 7) is 4.17. The van der Waals surface area contributed by atoms with Crippen molar-refractivity contribution >= 4 is 6.03 Å². The van der Waals surface area contributed by atoms with Gasteiger partial charge in [0.15, 0.2) is 5.82 Å². The fourth-order valence-electron chi connectivity index (χ4n) is 3.96. The van der Waals surface area contributed by atoms with E-state index >= 15 is 0 Å². The lowest BCUT2D eigenvalue weighted by molar-refractivity contribution is 0.177. The average molecular weight is 349 g/mol. The SMILES string of the molecule is COCc1nc2n(n1)C[C@H](NC(=O)NCC1(C)CCCCCC1)CC2. The molecule has 7 nitrogen and oxygen atoms in total. The van der Waals surface area contributed by atoms with Crippen molar-refractivity contribution in [3.05, 3.63) is 11.6 Å². The van der Waals surface area contributed by atoms with Crippen LogP contribution in [0.2, 0.25) is 0 Å². The molecule has 1 aliphatic heterocycles. The molecule has 0 aromatic carbocycles. The van der Waals surface area contributed by atoms with Crippen LogP contribution in [-0.4, -0.2) is 40.5 Å². The first kappa shape index (κ1) is 18.2. The van der Waals surface area contributed by atoms with Crippen molar-refractivity contribution in [3.63, 3.8) is 0 Å². The zero-order chi connectivity index (χ0) is 17.7. The second-order valence-electron chi connectivity index (χ2n) is 7.85. The molecule has 1 saturated carbocycles. The Balaban J connectivity index is 1.46. The van der Waals surface area contributed by atoms with Crippen LogP contribution in [0.4, 0.5) is 4.79 Å². The first-order chi connectivity index (χ1) is 12.1. The number of amides is 2. The standard InChI is InChI=1S/C18H31N5O2/c1-18(9-5-3-4-6-10-18)13-19-17(24)20-14-7-8-16-21-15(12-25-2)22-23(16)11-14/h14H,3-13H2,1-2H3,(H2,19,20,24)/t14-/m1/s1. The number of urea groups is 1. The van der Waals surface area contributed by atoms with E-state index in [4.69, 9.17) is 4.74 Å². The van der Waals surface area contributed by atoms with Gasteiger partial charge in [-0.05, 0) is 24.7 Å². The lowest BCUT2D eigenvalue weighted by Crippen LogP contribution is -2.48. The fraction of sp³-hybridized carbons (Fsp3) is 0.833. The monoisotopic (exact) mass is 349 g/mol. The van der Waals surface area contributed by atoms with Gasteiger partial charge >= 0.3 is 6.03 Å². The highest BCUT2D eigenvalue weighted by Crippen LogP contribution is 2.33. The quantitative estimate of drug-likeness (QED) is 0.800. The molecule has 2 N–H and O–H groups in total. The summed E-state index contributed by atoms with van der Waals surface area (Å²) >= 11 is 0. The Morgan fingerprint density at radius 1 is 1.32 bits per heavy atom. The van der Waals surface area contributed by atoms with E-state index in [2.05, 4.69) is 27.6 Å². The third-order valence-corrected chi connectivity index (χ3v) is 5.50. The smallest absolute Gasteiger partial charge is 0.315 e. The molecule has 2 amide bonds. The highest BCUT2D eigenvalue weighted by molar-refractivity contribution is 5.74. The number of ether oxygens (including phenoxy) is 1. The number of carbonyl (C=O) groups is 1. The number of rotatable bonds is 5. The molecular weight excluding hydrogens is 318 g/mol. The maximum absolute atomic E-state index is 12.3. The van der Waals surface area contributed by atoms with Gasteiger partial charge in [-0.1, -0.05) is 32.6 Å². The van der Waals surface area contributed by atoms with Crippen molar-refractivity contribution in [2.45, 2.75) is 77.5 Å². The van der Waals surface area contributed by atoms with Gasteiger partial charge in [0.2, 0.25) is 0 Å². The molecule has 1 aromatic rings. The van der Waals surface area contributed by atoms with E-state index in [9.17, 15) is 4.79 Å². The first-order valence-electron chi connectivity index (χ1n) is 9.54. The van der Waals surface area contributed by atoms with Crippen LogP contribution in [0.1, 0.15) is 63.5 Å². The van der Waals surface area contributed by atoms with Crippen LogP contribution in [0.3, 0.4) is 0 Å². The Hall–Kier alpha value is -1.63. The molecule has 1 aliphatic carbocycles. The van der Waals surface area contributed by atoms with Gasteiger partial charge in [-0.2, -0.15) is 5.10 Å². The molecule has 0 saturated heterocycles. The van der Waals surface area contributed by atoms with Gasteiger partial charge in [0.1, 0.15) is 12.4 Å². The van der Waals surface area contributed by atoms with E-state index in [0.717, 1.165) is 25.2 Å². The maximum Gasteiger partial charge on any atom is 0.315 e. The van der Waals surface area contributed by atoms with Gasteiger partial charge in [-0.15, -0.1) is 0 Å². The van der Waals surface area contributed by atoms with Crippen LogP contribution in [0, 0.1) is 5.41 Å². The Morgan fingerprint density at radius 3 is 2.80 bits per heavy atom. The van der Waals surface area contributed by atoms with Crippen LogP contribution >= 0.6 is 0 Å². The van der Waals surface area contributed by atoms with Crippen LogP contribution in [0.15, 0.2) is 0 Å². The van der Waals surface area contributed by atoms with Crippen molar-refractivity contribution in [2.24, 2.45) is 5.41 Å². The number of hydrogen-bond donors (Lipinski definition) is 2. The number of nitrogens with zero attached hydrogens (tertiary/aromatic N) is 3. The average Bonchev–Trinajstić information content (AvgIpc) is 2.85. The number of carbonyl (C=O) groups excluding carboxylic acids is 1. The van der Waals surface area contributed by atoms with E-state index in [1.807, 2.05) is 4.68 Å². The van der Waals surface area contributed by atoms with Gasteiger partial charge in [0, 0.05) is 20.1 Å². The van der Waals surface area contributed by atoms with Crippen molar-refractivity contribution in [1.29, 1.82) is 0 Å². The lowest BCUT2D eigenvalue weighted by Gasteiger charge is -2.29. The molecule has 0 unspecified atom stereocenters. The molecule has 7 heteroatoms. The third-order valence-electron chi connectivity index (χ3n) is 5.50. The molecule has 3 rings (SSSR count). The minimum Gasteiger partial charge on any atom is -0.377 e. The Bertz CT molecular complexity index is 578. The predicted octanol–water partition coefficient (Wildman–Crippen LogP) is 2.40. The largest absolute Gasteiger partial charge is 0.377 e. The van der Waals surface area contributed by atoms with Gasteiger partial charge in [0.25, 0.3) is 0 Å². The molecular formula is C18H31N5O2. The molecule has 0 bridgehead atoms. The molecule has 2 aliphatic rings. The number of hydrogen-bond acceptors (Lipinski definition) is 4. The van der Waals surface area contributed by atoms with Crippen molar-refractivity contribution in [1.82, 2.24) is 25.4 Å². The second kappa shape index (κ2) is 8.17. The predicted molar refractivity (Wildman–Crippen MR) is 95.2 cm³/mol. The summed E-state index contributed by atoms with van der Waals surface area (Å²) < 4.78 is 6.99. The molecule has 1 aromatic heterocycles. The summed E-state index contributed by atoms with van der Waals surface area (Å²) in [5.41, 5.74) is 0.245. The minimum atomic E-state index is -0.0591. The van der Waals surface area contributed by atoms with Gasteiger partial charge in [0.05, 0.1) is 12.6 Å². The molecule has 2 heterocycles. The van der Waals surface area contributed by atoms with Crippen LogP contribution < -0.4 is 10.6 Å². The van der Waals surface area contributed by atoms with Gasteiger partial charge in [-0.3, -0.25) is 0 Å². The summed E-state index contributed by atoms with van der Waals surface area (Å²) in [6, 6.07) is 0.0442.